The Kier molecular flexibility index (Phi) is 5.88. The van der Waals surface area contributed by atoms with Crippen LogP contribution in [0.2, 0.25) is 18.1 Å². The SMILES string of the molecule is CC1(C)O[C@H]2[C@@H](CO[Si](C)(C)C(C)(C)C)O[C@@H](n3ccc(=O)[nH]c3=O)[C@](O)(C#N)[C@H]2O1. The summed E-state index contributed by atoms with van der Waals surface area (Å²) in [5.41, 5.74) is -3.66. The molecule has 3 rings (SSSR count). The van der Waals surface area contributed by atoms with E-state index in [1.807, 2.05) is 6.07 Å². The van der Waals surface area contributed by atoms with Crippen molar-refractivity contribution >= 4 is 8.32 Å². The van der Waals surface area contributed by atoms with Gasteiger partial charge < -0.3 is 23.7 Å². The maximum Gasteiger partial charge on any atom is 0.330 e. The van der Waals surface area contributed by atoms with Crippen LogP contribution in [0.4, 0.5) is 0 Å². The average Bonchev–Trinajstić information content (AvgIpc) is 2.97. The molecule has 2 N–H and O–H groups in total. The molecule has 5 atom stereocenters. The van der Waals surface area contributed by atoms with E-state index < -0.39 is 55.5 Å². The molecule has 0 spiro atoms. The second kappa shape index (κ2) is 7.65. The molecular formula is C20H31N3O7Si. The Labute approximate surface area is 181 Å². The third kappa shape index (κ3) is 4.28. The number of fused-ring (bicyclic) bond motifs is 1. The number of ether oxygens (including phenoxy) is 3. The third-order valence-electron chi connectivity index (χ3n) is 6.31. The van der Waals surface area contributed by atoms with Crippen LogP contribution in [0, 0.1) is 11.3 Å². The summed E-state index contributed by atoms with van der Waals surface area (Å²) in [7, 11) is -2.15. The molecule has 2 fully saturated rings. The van der Waals surface area contributed by atoms with E-state index in [0.717, 1.165) is 10.6 Å². The van der Waals surface area contributed by atoms with E-state index in [-0.39, 0.29) is 11.6 Å². The van der Waals surface area contributed by atoms with Crippen molar-refractivity contribution in [3.05, 3.63) is 33.1 Å². The Bertz CT molecular complexity index is 990. The van der Waals surface area contributed by atoms with Crippen LogP contribution in [0.25, 0.3) is 0 Å². The Hall–Kier alpha value is -1.81. The maximum absolute atomic E-state index is 12.4. The summed E-state index contributed by atoms with van der Waals surface area (Å²) < 4.78 is 25.2. The number of rotatable bonds is 4. The predicted molar refractivity (Wildman–Crippen MR) is 113 cm³/mol. The van der Waals surface area contributed by atoms with E-state index in [9.17, 15) is 20.0 Å². The average molecular weight is 454 g/mol. The van der Waals surface area contributed by atoms with Crippen molar-refractivity contribution in [2.45, 2.75) is 88.7 Å². The molecular weight excluding hydrogens is 422 g/mol. The second-order valence-electron chi connectivity index (χ2n) is 10.1. The maximum atomic E-state index is 12.4. The number of hydrogen-bond acceptors (Lipinski definition) is 8. The number of aromatic nitrogens is 2. The van der Waals surface area contributed by atoms with Gasteiger partial charge in [-0.1, -0.05) is 20.8 Å². The van der Waals surface area contributed by atoms with Crippen LogP contribution in [0.3, 0.4) is 0 Å². The fourth-order valence-electron chi connectivity index (χ4n) is 3.54. The van der Waals surface area contributed by atoms with Crippen LogP contribution >= 0.6 is 0 Å². The van der Waals surface area contributed by atoms with Crippen LogP contribution in [0.5, 0.6) is 0 Å². The van der Waals surface area contributed by atoms with Gasteiger partial charge in [0, 0.05) is 12.3 Å². The van der Waals surface area contributed by atoms with Gasteiger partial charge in [0.15, 0.2) is 20.3 Å². The normalized spacial score (nSPS) is 33.0. The first-order chi connectivity index (χ1) is 14.1. The lowest BCUT2D eigenvalue weighted by molar-refractivity contribution is -0.250. The molecule has 0 bridgehead atoms. The summed E-state index contributed by atoms with van der Waals surface area (Å²) in [5.74, 6) is -1.08. The molecule has 10 nitrogen and oxygen atoms in total. The second-order valence-corrected chi connectivity index (χ2v) is 14.9. The lowest BCUT2D eigenvalue weighted by Gasteiger charge is -2.45. The quantitative estimate of drug-likeness (QED) is 0.513. The summed E-state index contributed by atoms with van der Waals surface area (Å²) in [6, 6.07) is 2.96. The van der Waals surface area contributed by atoms with E-state index >= 15 is 0 Å². The van der Waals surface area contributed by atoms with Crippen LogP contribution in [-0.2, 0) is 18.6 Å². The Balaban J connectivity index is 2.02. The molecule has 1 aromatic rings. The van der Waals surface area contributed by atoms with E-state index in [0.29, 0.717) is 0 Å². The zero-order chi connectivity index (χ0) is 23.4. The Morgan fingerprint density at radius 3 is 2.52 bits per heavy atom. The number of aromatic amines is 1. The smallest absolute Gasteiger partial charge is 0.330 e. The van der Waals surface area contributed by atoms with Gasteiger partial charge in [0.1, 0.15) is 24.4 Å². The van der Waals surface area contributed by atoms with Crippen molar-refractivity contribution in [1.82, 2.24) is 9.55 Å². The van der Waals surface area contributed by atoms with E-state index in [4.69, 9.17) is 18.6 Å². The van der Waals surface area contributed by atoms with Gasteiger partial charge >= 0.3 is 5.69 Å². The molecule has 172 valence electrons. The summed E-state index contributed by atoms with van der Waals surface area (Å²) in [6.45, 7) is 14.0. The molecule has 11 heteroatoms. The highest BCUT2D eigenvalue weighted by molar-refractivity contribution is 6.74. The summed E-state index contributed by atoms with van der Waals surface area (Å²) >= 11 is 0. The van der Waals surface area contributed by atoms with Crippen LogP contribution < -0.4 is 11.2 Å². The molecule has 2 aliphatic heterocycles. The predicted octanol–water partition coefficient (Wildman–Crippen LogP) is 1.23. The minimum Gasteiger partial charge on any atom is -0.414 e. The van der Waals surface area contributed by atoms with Gasteiger partial charge in [0.25, 0.3) is 5.56 Å². The number of nitriles is 1. The van der Waals surface area contributed by atoms with E-state index in [2.05, 4.69) is 38.8 Å². The first-order valence-electron chi connectivity index (χ1n) is 10.2. The van der Waals surface area contributed by atoms with Gasteiger partial charge in [-0.25, -0.2) is 4.79 Å². The number of hydrogen-bond donors (Lipinski definition) is 2. The standard InChI is InChI=1S/C20H31N3O7Si/c1-18(2,3)31(6,7)27-10-12-14-15(30-19(4,5)29-14)20(26,11-21)16(28-12)23-9-8-13(24)22-17(23)25/h8-9,12,14-16,26H,10H2,1-7H3,(H,22,24,25)/t12-,14+,15+,16-,20+/m1/s1. The molecule has 1 aromatic heterocycles. The van der Waals surface area contributed by atoms with Crippen LogP contribution in [0.1, 0.15) is 40.8 Å². The first kappa shape index (κ1) is 23.8. The van der Waals surface area contributed by atoms with Crippen molar-refractivity contribution in [2.24, 2.45) is 0 Å². The molecule has 2 saturated heterocycles. The zero-order valence-electron chi connectivity index (χ0n) is 19.0. The zero-order valence-corrected chi connectivity index (χ0v) is 20.0. The highest BCUT2D eigenvalue weighted by atomic mass is 28.4. The van der Waals surface area contributed by atoms with Crippen molar-refractivity contribution in [3.8, 4) is 6.07 Å². The van der Waals surface area contributed by atoms with Gasteiger partial charge in [-0.2, -0.15) is 5.26 Å². The van der Waals surface area contributed by atoms with Gasteiger partial charge in [-0.15, -0.1) is 0 Å². The molecule has 0 amide bonds. The van der Waals surface area contributed by atoms with E-state index in [1.165, 1.54) is 6.20 Å². The fourth-order valence-corrected chi connectivity index (χ4v) is 4.55. The van der Waals surface area contributed by atoms with Crippen molar-refractivity contribution in [1.29, 1.82) is 5.26 Å². The van der Waals surface area contributed by atoms with Crippen molar-refractivity contribution < 1.29 is 23.7 Å². The Morgan fingerprint density at radius 1 is 1.32 bits per heavy atom. The van der Waals surface area contributed by atoms with Crippen molar-refractivity contribution in [2.75, 3.05) is 6.61 Å². The summed E-state index contributed by atoms with van der Waals surface area (Å²) in [6.07, 6.45) is -2.87. The van der Waals surface area contributed by atoms with Crippen LogP contribution in [0.15, 0.2) is 21.9 Å². The minimum atomic E-state index is -2.24. The third-order valence-corrected chi connectivity index (χ3v) is 10.8. The molecule has 3 heterocycles. The monoisotopic (exact) mass is 453 g/mol. The lowest BCUT2D eigenvalue weighted by atomic mass is 9.86. The topological polar surface area (TPSA) is 136 Å². The number of nitrogens with one attached hydrogen (secondary N) is 1. The lowest BCUT2D eigenvalue weighted by Crippen LogP contribution is -2.64. The first-order valence-corrected chi connectivity index (χ1v) is 13.1. The highest BCUT2D eigenvalue weighted by Crippen LogP contribution is 2.46. The van der Waals surface area contributed by atoms with Gasteiger partial charge in [-0.05, 0) is 32.0 Å². The summed E-state index contributed by atoms with van der Waals surface area (Å²) in [4.78, 5) is 26.0. The number of aliphatic hydroxyl groups is 1. The van der Waals surface area contributed by atoms with Gasteiger partial charge in [0.2, 0.25) is 5.60 Å². The molecule has 2 aliphatic rings. The van der Waals surface area contributed by atoms with Crippen molar-refractivity contribution in [3.63, 3.8) is 0 Å². The molecule has 0 aliphatic carbocycles. The fraction of sp³-hybridized carbons (Fsp3) is 0.750. The van der Waals surface area contributed by atoms with E-state index in [1.54, 1.807) is 13.8 Å². The minimum absolute atomic E-state index is 0.0456. The molecule has 0 saturated carbocycles. The molecule has 0 aromatic carbocycles. The van der Waals surface area contributed by atoms with Gasteiger partial charge in [-0.3, -0.25) is 14.3 Å². The largest absolute Gasteiger partial charge is 0.414 e. The molecule has 0 unspecified atom stereocenters. The molecule has 0 radical (unpaired) electrons. The van der Waals surface area contributed by atoms with Gasteiger partial charge in [0.05, 0.1) is 6.61 Å². The summed E-state index contributed by atoms with van der Waals surface area (Å²) in [5, 5.41) is 21.1. The number of nitrogens with zero attached hydrogens (tertiary/aromatic N) is 2. The Morgan fingerprint density at radius 2 is 1.97 bits per heavy atom. The number of H-pyrrole nitrogens is 1. The molecule has 31 heavy (non-hydrogen) atoms. The van der Waals surface area contributed by atoms with Crippen LogP contribution in [-0.4, -0.2) is 59.3 Å². The highest BCUT2D eigenvalue weighted by Gasteiger charge is 2.64.